The minimum atomic E-state index is -1.03. The number of ether oxygens (including phenoxy) is 2. The number of nitrogens with zero attached hydrogens (tertiary/aromatic N) is 1. The zero-order valence-corrected chi connectivity index (χ0v) is 30.0. The zero-order chi connectivity index (χ0) is 33.6. The Balaban J connectivity index is 0. The molecule has 0 bridgehead atoms. The molecule has 0 saturated heterocycles. The predicted octanol–water partition coefficient (Wildman–Crippen LogP) is 11.2. The quantitative estimate of drug-likeness (QED) is 0.0576. The number of unbranched alkanes of at least 4 members (excludes halogenated alkanes) is 21. The molecule has 0 spiro atoms. The number of nitrogens with one attached hydrogen (secondary N) is 1. The summed E-state index contributed by atoms with van der Waals surface area (Å²) >= 11 is 0. The molecule has 0 fully saturated rings. The maximum absolute atomic E-state index is 11.7. The second-order valence-corrected chi connectivity index (χ2v) is 12.4. The Hall–Kier alpha value is -1.99. The number of amides is 2. The molecule has 8 nitrogen and oxygen atoms in total. The highest BCUT2D eigenvalue weighted by Crippen LogP contribution is 2.11. The molecule has 2 amide bonds. The van der Waals surface area contributed by atoms with Gasteiger partial charge in [0.1, 0.15) is 0 Å². The molecule has 0 unspecified atom stereocenters. The SMILES string of the molecule is CCCCCCCCCCCOC(=O)CCCCC[CH]NC(=O)O.CCCCCCCCCCCOC(=O)N(C)CCCCC. The van der Waals surface area contributed by atoms with Crippen LogP contribution in [0.25, 0.3) is 0 Å². The van der Waals surface area contributed by atoms with Crippen molar-refractivity contribution in [1.82, 2.24) is 10.2 Å². The summed E-state index contributed by atoms with van der Waals surface area (Å²) in [6, 6.07) is 0. The average molecular weight is 642 g/mol. The molecule has 45 heavy (non-hydrogen) atoms. The largest absolute Gasteiger partial charge is 0.466 e. The molecule has 0 saturated carbocycles. The first-order valence-corrected chi connectivity index (χ1v) is 18.7. The van der Waals surface area contributed by atoms with E-state index in [0.717, 1.165) is 51.5 Å². The first-order valence-electron chi connectivity index (χ1n) is 18.7. The van der Waals surface area contributed by atoms with Crippen molar-refractivity contribution >= 4 is 18.2 Å². The number of carbonyl (C=O) groups is 3. The van der Waals surface area contributed by atoms with Gasteiger partial charge in [0.25, 0.3) is 0 Å². The van der Waals surface area contributed by atoms with Crippen LogP contribution < -0.4 is 5.32 Å². The molecule has 0 atom stereocenters. The number of hydrogen-bond donors (Lipinski definition) is 2. The number of carbonyl (C=O) groups excluding carboxylic acids is 2. The number of rotatable bonds is 31. The summed E-state index contributed by atoms with van der Waals surface area (Å²) in [6.45, 7) is 10.1. The van der Waals surface area contributed by atoms with E-state index in [1.807, 2.05) is 7.05 Å². The van der Waals surface area contributed by atoms with E-state index in [-0.39, 0.29) is 12.1 Å². The second-order valence-electron chi connectivity index (χ2n) is 12.4. The van der Waals surface area contributed by atoms with Crippen LogP contribution in [0, 0.1) is 6.54 Å². The van der Waals surface area contributed by atoms with Crippen LogP contribution in [-0.2, 0) is 14.3 Å². The maximum Gasteiger partial charge on any atom is 0.409 e. The number of esters is 1. The highest BCUT2D eigenvalue weighted by atomic mass is 16.6. The molecule has 0 rings (SSSR count). The minimum absolute atomic E-state index is 0.109. The van der Waals surface area contributed by atoms with Gasteiger partial charge in [0.2, 0.25) is 0 Å². The van der Waals surface area contributed by atoms with Crippen molar-refractivity contribution in [2.45, 2.75) is 188 Å². The number of carboxylic acid groups (broad SMARTS) is 1. The van der Waals surface area contributed by atoms with Crippen molar-refractivity contribution in [2.75, 3.05) is 26.8 Å². The summed E-state index contributed by atoms with van der Waals surface area (Å²) in [7, 11) is 1.83. The van der Waals surface area contributed by atoms with Crippen LogP contribution in [0.3, 0.4) is 0 Å². The summed E-state index contributed by atoms with van der Waals surface area (Å²) < 4.78 is 10.5. The van der Waals surface area contributed by atoms with E-state index in [1.165, 1.54) is 116 Å². The third kappa shape index (κ3) is 40.0. The van der Waals surface area contributed by atoms with Gasteiger partial charge < -0.3 is 24.8 Å². The summed E-state index contributed by atoms with van der Waals surface area (Å²) in [5.41, 5.74) is 0. The summed E-state index contributed by atoms with van der Waals surface area (Å²) in [5, 5.41) is 10.6. The highest BCUT2D eigenvalue weighted by Gasteiger charge is 2.08. The van der Waals surface area contributed by atoms with E-state index in [4.69, 9.17) is 14.6 Å². The van der Waals surface area contributed by atoms with E-state index in [1.54, 1.807) is 4.90 Å². The van der Waals surface area contributed by atoms with Gasteiger partial charge in [0, 0.05) is 20.0 Å². The molecule has 1 radical (unpaired) electrons. The maximum atomic E-state index is 11.7. The van der Waals surface area contributed by atoms with Crippen LogP contribution in [0.5, 0.6) is 0 Å². The summed E-state index contributed by atoms with van der Waals surface area (Å²) in [6.07, 6.45) is 28.9. The Morgan fingerprint density at radius 2 is 1.00 bits per heavy atom. The van der Waals surface area contributed by atoms with Gasteiger partial charge in [-0.05, 0) is 32.1 Å². The van der Waals surface area contributed by atoms with Gasteiger partial charge in [0.15, 0.2) is 0 Å². The highest BCUT2D eigenvalue weighted by molar-refractivity contribution is 5.69. The monoisotopic (exact) mass is 642 g/mol. The Labute approximate surface area is 278 Å². The van der Waals surface area contributed by atoms with Crippen LogP contribution in [-0.4, -0.2) is 55.0 Å². The molecule has 267 valence electrons. The lowest BCUT2D eigenvalue weighted by molar-refractivity contribution is -0.143. The predicted molar refractivity (Wildman–Crippen MR) is 187 cm³/mol. The molecule has 0 aliphatic carbocycles. The Morgan fingerprint density at radius 1 is 0.578 bits per heavy atom. The molecule has 0 aliphatic heterocycles. The van der Waals surface area contributed by atoms with Gasteiger partial charge in [-0.25, -0.2) is 9.59 Å². The minimum Gasteiger partial charge on any atom is -0.466 e. The molecular weight excluding hydrogens is 568 g/mol. The molecule has 0 heterocycles. The van der Waals surface area contributed by atoms with Crippen molar-refractivity contribution in [3.63, 3.8) is 0 Å². The fourth-order valence-corrected chi connectivity index (χ4v) is 4.90. The van der Waals surface area contributed by atoms with Gasteiger partial charge in [-0.1, -0.05) is 149 Å². The lowest BCUT2D eigenvalue weighted by Gasteiger charge is -2.16. The number of hydrogen-bond acceptors (Lipinski definition) is 5. The van der Waals surface area contributed by atoms with Crippen molar-refractivity contribution in [2.24, 2.45) is 0 Å². The first kappa shape index (κ1) is 45.1. The van der Waals surface area contributed by atoms with Crippen LogP contribution >= 0.6 is 0 Å². The van der Waals surface area contributed by atoms with Crippen LogP contribution in [0.15, 0.2) is 0 Å². The van der Waals surface area contributed by atoms with Gasteiger partial charge in [-0.15, -0.1) is 0 Å². The van der Waals surface area contributed by atoms with E-state index in [0.29, 0.717) is 26.1 Å². The topological polar surface area (TPSA) is 105 Å². The molecule has 8 heteroatoms. The smallest absolute Gasteiger partial charge is 0.409 e. The standard InChI is InChI=1S/C19H36NO4.C18H37NO2/c1-2-3-4-5-6-7-8-11-14-17-24-18(21)15-12-9-10-13-16-20-19(22)23;1-4-6-8-9-10-11-12-13-15-17-21-18(20)19(3)16-14-7-5-2/h16,20H,2-15,17H2,1H3,(H,22,23);4-17H2,1-3H3. The molecule has 2 N–H and O–H groups in total. The fourth-order valence-electron chi connectivity index (χ4n) is 4.90. The van der Waals surface area contributed by atoms with Crippen LogP contribution in [0.1, 0.15) is 188 Å². The third-order valence-corrected chi connectivity index (χ3v) is 7.85. The third-order valence-electron chi connectivity index (χ3n) is 7.85. The molecule has 0 aliphatic rings. The van der Waals surface area contributed by atoms with Crippen molar-refractivity contribution in [1.29, 1.82) is 0 Å². The average Bonchev–Trinajstić information content (AvgIpc) is 3.02. The Morgan fingerprint density at radius 3 is 1.49 bits per heavy atom. The van der Waals surface area contributed by atoms with Gasteiger partial charge in [0.05, 0.1) is 19.8 Å². The lowest BCUT2D eigenvalue weighted by atomic mass is 10.1. The molecule has 0 aromatic carbocycles. The van der Waals surface area contributed by atoms with Crippen LogP contribution in [0.4, 0.5) is 9.59 Å². The Kier molecular flexibility index (Phi) is 38.3. The van der Waals surface area contributed by atoms with Gasteiger partial charge >= 0.3 is 18.2 Å². The van der Waals surface area contributed by atoms with E-state index in [2.05, 4.69) is 26.1 Å². The van der Waals surface area contributed by atoms with Gasteiger partial charge in [-0.3, -0.25) is 4.79 Å². The van der Waals surface area contributed by atoms with Crippen molar-refractivity contribution in [3.8, 4) is 0 Å². The molecular formula is C37H73N2O6. The summed E-state index contributed by atoms with van der Waals surface area (Å²) in [4.78, 5) is 35.1. The Bertz CT molecular complexity index is 646. The first-order chi connectivity index (χ1) is 21.9. The van der Waals surface area contributed by atoms with Crippen molar-refractivity contribution < 1.29 is 29.0 Å². The lowest BCUT2D eigenvalue weighted by Crippen LogP contribution is -2.28. The summed E-state index contributed by atoms with van der Waals surface area (Å²) in [5.74, 6) is -0.109. The zero-order valence-electron chi connectivity index (χ0n) is 30.0. The van der Waals surface area contributed by atoms with Crippen molar-refractivity contribution in [3.05, 3.63) is 6.54 Å². The van der Waals surface area contributed by atoms with E-state index >= 15 is 0 Å². The van der Waals surface area contributed by atoms with Gasteiger partial charge in [-0.2, -0.15) is 0 Å². The van der Waals surface area contributed by atoms with E-state index in [9.17, 15) is 14.4 Å². The molecule has 0 aromatic rings. The normalized spacial score (nSPS) is 10.6. The fraction of sp³-hybridized carbons (Fsp3) is 0.892. The molecule has 0 aromatic heterocycles. The van der Waals surface area contributed by atoms with Crippen LogP contribution in [0.2, 0.25) is 0 Å². The van der Waals surface area contributed by atoms with E-state index < -0.39 is 6.09 Å². The second kappa shape index (κ2) is 38.2.